The van der Waals surface area contributed by atoms with Crippen molar-refractivity contribution in [1.29, 1.82) is 0 Å². The van der Waals surface area contributed by atoms with Gasteiger partial charge in [0, 0.05) is 12.1 Å². The van der Waals surface area contributed by atoms with Gasteiger partial charge in [-0.15, -0.1) is 0 Å². The number of fused-ring (bicyclic) bond motifs is 2. The molecule has 4 fully saturated rings. The molecule has 4 N–H and O–H groups in total. The summed E-state index contributed by atoms with van der Waals surface area (Å²) in [5.74, 6) is 1.97. The Morgan fingerprint density at radius 1 is 0.600 bits per heavy atom. The molecule has 8 rings (SSSR count). The van der Waals surface area contributed by atoms with Crippen molar-refractivity contribution in [3.05, 3.63) is 72.6 Å². The average molecular weight is 819 g/mol. The van der Waals surface area contributed by atoms with Gasteiger partial charge in [-0.2, -0.15) is 0 Å². The summed E-state index contributed by atoms with van der Waals surface area (Å²) in [5, 5.41) is 5.56. The predicted molar refractivity (Wildman–Crippen MR) is 226 cm³/mol. The van der Waals surface area contributed by atoms with Gasteiger partial charge in [0.25, 0.3) is 0 Å². The number of nitrogens with zero attached hydrogens (tertiary/aromatic N) is 4. The molecule has 8 atom stereocenters. The molecule has 0 radical (unpaired) electrons. The van der Waals surface area contributed by atoms with E-state index in [4.69, 9.17) is 19.4 Å². The highest BCUT2D eigenvalue weighted by atomic mass is 16.5. The molecule has 318 valence electrons. The third-order valence-electron chi connectivity index (χ3n) is 13.5. The monoisotopic (exact) mass is 818 g/mol. The first-order valence-electron chi connectivity index (χ1n) is 21.6. The van der Waals surface area contributed by atoms with Gasteiger partial charge in [0.1, 0.15) is 23.7 Å². The van der Waals surface area contributed by atoms with Crippen molar-refractivity contribution in [3.8, 4) is 33.6 Å². The summed E-state index contributed by atoms with van der Waals surface area (Å²) in [4.78, 5) is 73.2. The Kier molecular flexibility index (Phi) is 11.7. The minimum absolute atomic E-state index is 0.0863. The number of carbonyl (C=O) groups is 4. The maximum Gasteiger partial charge on any atom is 0.407 e. The second kappa shape index (κ2) is 17.1. The number of carbonyl (C=O) groups excluding carboxylic acids is 4. The summed E-state index contributed by atoms with van der Waals surface area (Å²) in [5.41, 5.74) is 5.88. The maximum atomic E-state index is 14.1. The maximum absolute atomic E-state index is 14.1. The van der Waals surface area contributed by atoms with Crippen LogP contribution in [0.1, 0.15) is 103 Å². The molecule has 2 saturated carbocycles. The van der Waals surface area contributed by atoms with Crippen molar-refractivity contribution in [2.24, 2.45) is 23.7 Å². The number of nitrogens with one attached hydrogen (secondary N) is 4. The molecule has 0 bridgehead atoms. The molecular formula is C46H58N8O6. The highest BCUT2D eigenvalue weighted by Crippen LogP contribution is 2.49. The summed E-state index contributed by atoms with van der Waals surface area (Å²) in [6, 6.07) is 15.2. The number of ether oxygens (including phenoxy) is 2. The van der Waals surface area contributed by atoms with E-state index in [-0.39, 0.29) is 47.8 Å². The minimum Gasteiger partial charge on any atom is -0.453 e. The molecule has 2 aliphatic carbocycles. The topological polar surface area (TPSA) is 175 Å². The Bertz CT molecular complexity index is 2030. The van der Waals surface area contributed by atoms with Gasteiger partial charge in [0.15, 0.2) is 0 Å². The van der Waals surface area contributed by atoms with Crippen molar-refractivity contribution in [3.63, 3.8) is 0 Å². The van der Waals surface area contributed by atoms with Crippen LogP contribution in [0, 0.1) is 23.7 Å². The first-order chi connectivity index (χ1) is 28.9. The van der Waals surface area contributed by atoms with E-state index in [1.54, 1.807) is 0 Å². The molecule has 2 saturated heterocycles. The molecule has 4 aliphatic rings. The van der Waals surface area contributed by atoms with E-state index in [9.17, 15) is 19.2 Å². The fourth-order valence-electron chi connectivity index (χ4n) is 10.4. The van der Waals surface area contributed by atoms with Crippen molar-refractivity contribution < 1.29 is 28.7 Å². The summed E-state index contributed by atoms with van der Waals surface area (Å²) in [6.07, 6.45) is 10.4. The van der Waals surface area contributed by atoms with Crippen LogP contribution < -0.4 is 10.6 Å². The van der Waals surface area contributed by atoms with Crippen molar-refractivity contribution in [2.45, 2.75) is 115 Å². The molecule has 4 aromatic rings. The van der Waals surface area contributed by atoms with E-state index in [0.717, 1.165) is 96.7 Å². The lowest BCUT2D eigenvalue weighted by Crippen LogP contribution is -2.53. The molecule has 2 aromatic carbocycles. The van der Waals surface area contributed by atoms with E-state index >= 15 is 0 Å². The van der Waals surface area contributed by atoms with E-state index in [2.05, 4.69) is 69.1 Å². The van der Waals surface area contributed by atoms with Crippen LogP contribution in [-0.4, -0.2) is 92.1 Å². The molecule has 0 spiro atoms. The van der Waals surface area contributed by atoms with Crippen LogP contribution in [0.4, 0.5) is 9.59 Å². The lowest BCUT2D eigenvalue weighted by molar-refractivity contribution is -0.138. The number of alkyl carbamates (subject to hydrolysis) is 2. The highest BCUT2D eigenvalue weighted by molar-refractivity contribution is 5.87. The third kappa shape index (κ3) is 7.88. The fourth-order valence-corrected chi connectivity index (χ4v) is 10.4. The number of methoxy groups -OCH3 is 2. The fraction of sp³-hybridized carbons (Fsp3) is 0.522. The van der Waals surface area contributed by atoms with Crippen LogP contribution >= 0.6 is 0 Å². The normalized spacial score (nSPS) is 24.3. The standard InChI is InChI=1S/C46H58N8O6/c1-25(2)39(51-45(57)59-5)43(55)53-35-11-7-9-31(35)21-37(53)41-47-23-33(49-41)29-17-13-27(14-18-29)28-15-19-30(20-16-28)34-24-48-42(50-34)38-22-32-10-8-12-36(32)54(38)44(56)40(26(3)4)52-46(58)60-6/h13-20,23-26,31-32,35-40H,7-12,21-22H2,1-6H3,(H,47,49)(H,48,50)(H,51,57)(H,52,58). The summed E-state index contributed by atoms with van der Waals surface area (Å²) >= 11 is 0. The number of hydrogen-bond donors (Lipinski definition) is 4. The number of amides is 4. The number of aromatic amines is 2. The van der Waals surface area contributed by atoms with Crippen LogP contribution in [0.15, 0.2) is 60.9 Å². The highest BCUT2D eigenvalue weighted by Gasteiger charge is 2.51. The Labute approximate surface area is 351 Å². The smallest absolute Gasteiger partial charge is 0.407 e. The first kappa shape index (κ1) is 41.1. The van der Waals surface area contributed by atoms with Gasteiger partial charge >= 0.3 is 12.2 Å². The molecule has 60 heavy (non-hydrogen) atoms. The molecule has 2 aliphatic heterocycles. The average Bonchev–Trinajstić information content (AvgIpc) is 4.10. The number of H-pyrrole nitrogens is 2. The SMILES string of the molecule is COC(=O)NC(C(=O)N1C(c2ncc(-c3ccc(-c4ccc(-c5cnc(C6CC7CCCC7N6C(=O)C(NC(=O)OC)C(C)C)[nH]5)cc4)cc3)[nH]2)CC2CCCC21)C(C)C. The Hall–Kier alpha value is -5.66. The van der Waals surface area contributed by atoms with Crippen LogP contribution in [0.5, 0.6) is 0 Å². The number of benzene rings is 2. The lowest BCUT2D eigenvalue weighted by atomic mass is 10.0. The van der Waals surface area contributed by atoms with Crippen LogP contribution in [0.2, 0.25) is 0 Å². The Morgan fingerprint density at radius 2 is 0.967 bits per heavy atom. The molecule has 8 unspecified atom stereocenters. The van der Waals surface area contributed by atoms with Crippen LogP contribution in [-0.2, 0) is 19.1 Å². The third-order valence-corrected chi connectivity index (χ3v) is 13.5. The number of likely N-dealkylation sites (tertiary alicyclic amines) is 2. The quantitative estimate of drug-likeness (QED) is 0.119. The van der Waals surface area contributed by atoms with E-state index < -0.39 is 24.3 Å². The van der Waals surface area contributed by atoms with Gasteiger partial charge in [-0.25, -0.2) is 19.6 Å². The second-order valence-corrected chi connectivity index (χ2v) is 17.7. The number of imidazole rings is 2. The molecule has 4 amide bonds. The summed E-state index contributed by atoms with van der Waals surface area (Å²) in [6.45, 7) is 7.74. The molecule has 14 heteroatoms. The van der Waals surface area contributed by atoms with Crippen molar-refractivity contribution in [2.75, 3.05) is 14.2 Å². The first-order valence-corrected chi connectivity index (χ1v) is 21.6. The van der Waals surface area contributed by atoms with Gasteiger partial charge < -0.3 is 39.9 Å². The number of rotatable bonds is 11. The molecule has 4 heterocycles. The number of hydrogen-bond acceptors (Lipinski definition) is 8. The van der Waals surface area contributed by atoms with E-state index in [0.29, 0.717) is 11.8 Å². The largest absolute Gasteiger partial charge is 0.453 e. The van der Waals surface area contributed by atoms with Crippen LogP contribution in [0.3, 0.4) is 0 Å². The van der Waals surface area contributed by atoms with E-state index in [1.807, 2.05) is 49.9 Å². The van der Waals surface area contributed by atoms with Gasteiger partial charge in [-0.1, -0.05) is 89.1 Å². The summed E-state index contributed by atoms with van der Waals surface area (Å²) < 4.78 is 9.69. The zero-order valence-electron chi connectivity index (χ0n) is 35.4. The molecule has 14 nitrogen and oxygen atoms in total. The van der Waals surface area contributed by atoms with Crippen molar-refractivity contribution >= 4 is 24.0 Å². The predicted octanol–water partition coefficient (Wildman–Crippen LogP) is 7.78. The Balaban J connectivity index is 0.956. The van der Waals surface area contributed by atoms with Gasteiger partial charge in [-0.05, 0) is 84.5 Å². The minimum atomic E-state index is -0.686. The lowest BCUT2D eigenvalue weighted by Gasteiger charge is -2.33. The van der Waals surface area contributed by atoms with E-state index in [1.165, 1.54) is 14.2 Å². The van der Waals surface area contributed by atoms with Gasteiger partial charge in [-0.3, -0.25) is 9.59 Å². The van der Waals surface area contributed by atoms with Crippen LogP contribution in [0.25, 0.3) is 33.6 Å². The zero-order chi connectivity index (χ0) is 42.2. The second-order valence-electron chi connectivity index (χ2n) is 17.7. The van der Waals surface area contributed by atoms with Crippen molar-refractivity contribution in [1.82, 2.24) is 40.4 Å². The zero-order valence-corrected chi connectivity index (χ0v) is 35.4. The van der Waals surface area contributed by atoms with Gasteiger partial charge in [0.05, 0.1) is 50.1 Å². The molecule has 2 aromatic heterocycles. The van der Waals surface area contributed by atoms with Gasteiger partial charge in [0.2, 0.25) is 11.8 Å². The summed E-state index contributed by atoms with van der Waals surface area (Å²) in [7, 11) is 2.62. The number of aromatic nitrogens is 4. The molecular weight excluding hydrogens is 761 g/mol. The Morgan fingerprint density at radius 3 is 1.32 bits per heavy atom.